The third kappa shape index (κ3) is 5.63. The fourth-order valence-corrected chi connectivity index (χ4v) is 3.33. The van der Waals surface area contributed by atoms with Gasteiger partial charge >= 0.3 is 5.97 Å². The molecular weight excluding hydrogens is 362 g/mol. The molecule has 0 bridgehead atoms. The van der Waals surface area contributed by atoms with Crippen molar-refractivity contribution in [1.29, 1.82) is 0 Å². The Morgan fingerprint density at radius 3 is 2.33 bits per heavy atom. The minimum Gasteiger partial charge on any atom is -0.485 e. The van der Waals surface area contributed by atoms with E-state index < -0.39 is 5.97 Å². The summed E-state index contributed by atoms with van der Waals surface area (Å²) in [6.45, 7) is 12.7. The fraction of sp³-hybridized carbons (Fsp3) is 0.476. The van der Waals surface area contributed by atoms with E-state index in [0.29, 0.717) is 11.4 Å². The monoisotopic (exact) mass is 389 g/mol. The van der Waals surface area contributed by atoms with Crippen LogP contribution in [0.4, 0.5) is 0 Å². The van der Waals surface area contributed by atoms with Gasteiger partial charge < -0.3 is 9.84 Å². The molecule has 0 aliphatic carbocycles. The summed E-state index contributed by atoms with van der Waals surface area (Å²) in [5.41, 5.74) is 2.55. The van der Waals surface area contributed by atoms with Crippen LogP contribution in [0.2, 0.25) is 0 Å². The largest absolute Gasteiger partial charge is 0.485 e. The van der Waals surface area contributed by atoms with Crippen LogP contribution in [0.15, 0.2) is 23.6 Å². The average molecular weight is 390 g/mol. The second-order valence-corrected chi connectivity index (χ2v) is 9.50. The van der Waals surface area contributed by atoms with Crippen molar-refractivity contribution in [3.63, 3.8) is 0 Å². The predicted octanol–water partition coefficient (Wildman–Crippen LogP) is 4.63. The molecule has 0 aliphatic heterocycles. The van der Waals surface area contributed by atoms with Crippen molar-refractivity contribution in [2.24, 2.45) is 0 Å². The van der Waals surface area contributed by atoms with Crippen LogP contribution in [0.25, 0.3) is 0 Å². The third-order valence-corrected chi connectivity index (χ3v) is 5.07. The molecule has 0 atom stereocenters. The summed E-state index contributed by atoms with van der Waals surface area (Å²) in [7, 11) is 0. The van der Waals surface area contributed by atoms with Crippen LogP contribution in [0.1, 0.15) is 68.2 Å². The number of hydrogen-bond donors (Lipinski definition) is 1. The fourth-order valence-electron chi connectivity index (χ4n) is 2.58. The molecule has 146 valence electrons. The number of thiazole rings is 1. The van der Waals surface area contributed by atoms with Gasteiger partial charge in [0.1, 0.15) is 5.75 Å². The molecule has 0 amide bonds. The number of carboxylic acid groups (broad SMARTS) is 1. The number of aliphatic carboxylic acids is 1. The average Bonchev–Trinajstić information content (AvgIpc) is 2.98. The van der Waals surface area contributed by atoms with E-state index in [1.165, 1.54) is 5.56 Å². The van der Waals surface area contributed by atoms with E-state index in [4.69, 9.17) is 9.84 Å². The number of rotatable bonds is 6. The summed E-state index contributed by atoms with van der Waals surface area (Å²) < 4.78 is 5.84. The topological polar surface area (TPSA) is 76.5 Å². The van der Waals surface area contributed by atoms with Crippen LogP contribution in [-0.2, 0) is 22.0 Å². The Bertz CT molecular complexity index is 841. The highest BCUT2D eigenvalue weighted by Gasteiger charge is 2.24. The minimum atomic E-state index is -0.968. The van der Waals surface area contributed by atoms with Gasteiger partial charge in [-0.2, -0.15) is 0 Å². The zero-order chi connectivity index (χ0) is 20.4. The summed E-state index contributed by atoms with van der Waals surface area (Å²) in [6, 6.07) is 6.10. The highest BCUT2D eigenvalue weighted by atomic mass is 32.1. The molecule has 0 unspecified atom stereocenters. The second kappa shape index (κ2) is 7.80. The Kier molecular flexibility index (Phi) is 6.10. The van der Waals surface area contributed by atoms with Crippen LogP contribution < -0.4 is 4.74 Å². The molecule has 0 radical (unpaired) electrons. The maximum Gasteiger partial charge on any atom is 0.309 e. The summed E-state index contributed by atoms with van der Waals surface area (Å²) >= 11 is 1.15. The first-order valence-electron chi connectivity index (χ1n) is 8.85. The molecule has 5 nitrogen and oxygen atoms in total. The number of nitrogens with zero attached hydrogens (tertiary/aromatic N) is 1. The van der Waals surface area contributed by atoms with Gasteiger partial charge in [-0.05, 0) is 28.0 Å². The van der Waals surface area contributed by atoms with E-state index in [9.17, 15) is 9.59 Å². The van der Waals surface area contributed by atoms with Crippen molar-refractivity contribution < 1.29 is 19.4 Å². The zero-order valence-corrected chi connectivity index (χ0v) is 17.6. The van der Waals surface area contributed by atoms with Crippen molar-refractivity contribution in [2.75, 3.05) is 6.61 Å². The lowest BCUT2D eigenvalue weighted by atomic mass is 9.80. The third-order valence-electron chi connectivity index (χ3n) is 4.13. The van der Waals surface area contributed by atoms with E-state index in [2.05, 4.69) is 52.6 Å². The normalized spacial score (nSPS) is 12.1. The van der Waals surface area contributed by atoms with Gasteiger partial charge in [-0.25, -0.2) is 4.98 Å². The Hall–Kier alpha value is -2.21. The van der Waals surface area contributed by atoms with Gasteiger partial charge in [0.05, 0.1) is 12.1 Å². The summed E-state index contributed by atoms with van der Waals surface area (Å²) in [4.78, 5) is 27.2. The number of carbonyl (C=O) groups is 2. The predicted molar refractivity (Wildman–Crippen MR) is 107 cm³/mol. The van der Waals surface area contributed by atoms with Crippen molar-refractivity contribution in [2.45, 2.75) is 58.8 Å². The Morgan fingerprint density at radius 2 is 1.78 bits per heavy atom. The number of ether oxygens (including phenoxy) is 1. The van der Waals surface area contributed by atoms with Gasteiger partial charge in [-0.1, -0.05) is 53.7 Å². The lowest BCUT2D eigenvalue weighted by Crippen LogP contribution is -2.19. The van der Waals surface area contributed by atoms with Gasteiger partial charge in [0.15, 0.2) is 11.6 Å². The smallest absolute Gasteiger partial charge is 0.309 e. The van der Waals surface area contributed by atoms with Crippen LogP contribution in [0, 0.1) is 0 Å². The first kappa shape index (κ1) is 21.1. The summed E-state index contributed by atoms with van der Waals surface area (Å²) in [5, 5.41) is 10.7. The van der Waals surface area contributed by atoms with E-state index in [-0.39, 0.29) is 34.6 Å². The van der Waals surface area contributed by atoms with Crippen LogP contribution in [0.3, 0.4) is 0 Å². The van der Waals surface area contributed by atoms with Crippen molar-refractivity contribution >= 4 is 23.1 Å². The van der Waals surface area contributed by atoms with E-state index in [1.54, 1.807) is 5.38 Å². The number of ketones is 1. The number of aromatic nitrogens is 1. The molecule has 0 spiro atoms. The maximum atomic E-state index is 12.4. The van der Waals surface area contributed by atoms with E-state index in [1.807, 2.05) is 12.1 Å². The van der Waals surface area contributed by atoms with E-state index >= 15 is 0 Å². The van der Waals surface area contributed by atoms with Gasteiger partial charge in [-0.3, -0.25) is 9.59 Å². The van der Waals surface area contributed by atoms with Crippen molar-refractivity contribution in [1.82, 2.24) is 4.98 Å². The van der Waals surface area contributed by atoms with Gasteiger partial charge in [-0.15, -0.1) is 11.3 Å². The molecule has 0 fully saturated rings. The summed E-state index contributed by atoms with van der Waals surface area (Å²) in [6.07, 6.45) is -0.187. The summed E-state index contributed by atoms with van der Waals surface area (Å²) in [5.74, 6) is -0.535. The number of Topliss-reactive ketones (excluding diaryl/α,β-unsaturated/α-hetero) is 1. The number of carboxylic acids is 1. The van der Waals surface area contributed by atoms with Crippen LogP contribution in [0.5, 0.6) is 5.75 Å². The van der Waals surface area contributed by atoms with Gasteiger partial charge in [0, 0.05) is 5.38 Å². The second-order valence-electron chi connectivity index (χ2n) is 8.64. The van der Waals surface area contributed by atoms with Crippen LogP contribution >= 0.6 is 11.3 Å². The molecule has 0 saturated heterocycles. The van der Waals surface area contributed by atoms with Gasteiger partial charge in [0.25, 0.3) is 0 Å². The Labute approximate surface area is 164 Å². The van der Waals surface area contributed by atoms with Crippen molar-refractivity contribution in [3.8, 4) is 5.75 Å². The molecular formula is C21H27NO4S. The molecule has 0 aliphatic rings. The molecule has 6 heteroatoms. The molecule has 1 N–H and O–H groups in total. The quantitative estimate of drug-likeness (QED) is 0.729. The number of benzene rings is 1. The van der Waals surface area contributed by atoms with Crippen molar-refractivity contribution in [3.05, 3.63) is 45.4 Å². The first-order valence-corrected chi connectivity index (χ1v) is 9.73. The Morgan fingerprint density at radius 1 is 1.11 bits per heavy atom. The lowest BCUT2D eigenvalue weighted by molar-refractivity contribution is -0.136. The molecule has 2 aromatic rings. The SMILES string of the molecule is CC(C)(C)c1ccc(OCC(=O)c2nc(CC(=O)O)cs2)c(C(C)(C)C)c1. The van der Waals surface area contributed by atoms with Gasteiger partial charge in [0.2, 0.25) is 5.78 Å². The lowest BCUT2D eigenvalue weighted by Gasteiger charge is -2.27. The van der Waals surface area contributed by atoms with E-state index in [0.717, 1.165) is 16.9 Å². The molecule has 0 saturated carbocycles. The first-order chi connectivity index (χ1) is 12.4. The molecule has 1 heterocycles. The number of carbonyl (C=O) groups excluding carboxylic acids is 1. The standard InChI is InChI=1S/C21H27NO4S/c1-20(2,3)13-7-8-17(15(9-13)21(4,5)6)26-11-16(23)19-22-14(12-27-19)10-18(24)25/h7-9,12H,10-11H2,1-6H3,(H,24,25). The maximum absolute atomic E-state index is 12.4. The highest BCUT2D eigenvalue weighted by molar-refractivity contribution is 7.11. The van der Waals surface area contributed by atoms with Crippen LogP contribution in [-0.4, -0.2) is 28.4 Å². The molecule has 27 heavy (non-hydrogen) atoms. The Balaban J connectivity index is 2.18. The molecule has 1 aromatic heterocycles. The minimum absolute atomic E-state index is 0.0236. The number of hydrogen-bond acceptors (Lipinski definition) is 5. The molecule has 2 rings (SSSR count). The zero-order valence-electron chi connectivity index (χ0n) is 16.8. The highest BCUT2D eigenvalue weighted by Crippen LogP contribution is 2.35. The molecule has 1 aromatic carbocycles.